The highest BCUT2D eigenvalue weighted by Crippen LogP contribution is 2.27. The molecule has 0 aromatic heterocycles. The third kappa shape index (κ3) is 3.24. The molecule has 0 heterocycles. The van der Waals surface area contributed by atoms with Crippen molar-refractivity contribution in [2.24, 2.45) is 0 Å². The summed E-state index contributed by atoms with van der Waals surface area (Å²) in [4.78, 5) is 12.2. The smallest absolute Gasteiger partial charge is 0.171 e. The molecule has 0 radical (unpaired) electrons. The Morgan fingerprint density at radius 3 is 2.55 bits per heavy atom. The molecule has 104 valence electrons. The first-order chi connectivity index (χ1) is 9.51. The van der Waals surface area contributed by atoms with Crippen LogP contribution in [0.2, 0.25) is 10.0 Å². The number of phenols is 1. The van der Waals surface area contributed by atoms with E-state index < -0.39 is 0 Å². The molecule has 1 N–H and O–H groups in total. The monoisotopic (exact) mass is 310 g/mol. The molecule has 0 unspecified atom stereocenters. The summed E-state index contributed by atoms with van der Waals surface area (Å²) in [7, 11) is 1.49. The largest absolute Gasteiger partial charge is 0.507 e. The fourth-order valence-corrected chi connectivity index (χ4v) is 2.28. The highest BCUT2D eigenvalue weighted by molar-refractivity contribution is 6.35. The molecule has 0 saturated heterocycles. The quantitative estimate of drug-likeness (QED) is 0.864. The SMILES string of the molecule is COc1ccc(C(=O)Cc2ccc(Cl)cc2Cl)c(O)c1. The van der Waals surface area contributed by atoms with E-state index in [2.05, 4.69) is 0 Å². The molecule has 5 heteroatoms. The van der Waals surface area contributed by atoms with Gasteiger partial charge in [-0.2, -0.15) is 0 Å². The maximum absolute atomic E-state index is 12.2. The third-order valence-electron chi connectivity index (χ3n) is 2.87. The fourth-order valence-electron chi connectivity index (χ4n) is 1.81. The lowest BCUT2D eigenvalue weighted by atomic mass is 10.0. The second kappa shape index (κ2) is 6.16. The van der Waals surface area contributed by atoms with Gasteiger partial charge in [0.05, 0.1) is 12.7 Å². The minimum atomic E-state index is -0.227. The summed E-state index contributed by atoms with van der Waals surface area (Å²) < 4.78 is 4.97. The summed E-state index contributed by atoms with van der Waals surface area (Å²) in [5, 5.41) is 10.8. The van der Waals surface area contributed by atoms with Crippen molar-refractivity contribution in [2.45, 2.75) is 6.42 Å². The predicted molar refractivity (Wildman–Crippen MR) is 79.2 cm³/mol. The van der Waals surface area contributed by atoms with Gasteiger partial charge in [-0.15, -0.1) is 0 Å². The van der Waals surface area contributed by atoms with Gasteiger partial charge >= 0.3 is 0 Å². The topological polar surface area (TPSA) is 46.5 Å². The lowest BCUT2D eigenvalue weighted by Crippen LogP contribution is -2.04. The maximum Gasteiger partial charge on any atom is 0.171 e. The molecule has 2 aromatic carbocycles. The minimum Gasteiger partial charge on any atom is -0.507 e. The average Bonchev–Trinajstić information content (AvgIpc) is 2.41. The lowest BCUT2D eigenvalue weighted by Gasteiger charge is -2.07. The second-order valence-corrected chi connectivity index (χ2v) is 5.06. The van der Waals surface area contributed by atoms with Crippen LogP contribution in [0.25, 0.3) is 0 Å². The summed E-state index contributed by atoms with van der Waals surface area (Å²) in [6.45, 7) is 0. The fraction of sp³-hybridized carbons (Fsp3) is 0.133. The van der Waals surface area contributed by atoms with E-state index >= 15 is 0 Å². The Morgan fingerprint density at radius 1 is 1.20 bits per heavy atom. The molecule has 0 bridgehead atoms. The van der Waals surface area contributed by atoms with Crippen molar-refractivity contribution in [1.29, 1.82) is 0 Å². The summed E-state index contributed by atoms with van der Waals surface area (Å²) in [5.41, 5.74) is 0.896. The number of halogens is 2. The highest BCUT2D eigenvalue weighted by atomic mass is 35.5. The van der Waals surface area contributed by atoms with E-state index in [4.69, 9.17) is 27.9 Å². The highest BCUT2D eigenvalue weighted by Gasteiger charge is 2.14. The van der Waals surface area contributed by atoms with Crippen LogP contribution in [0.4, 0.5) is 0 Å². The van der Waals surface area contributed by atoms with E-state index in [0.717, 1.165) is 0 Å². The summed E-state index contributed by atoms with van der Waals surface area (Å²) in [5.74, 6) is 0.150. The van der Waals surface area contributed by atoms with Crippen LogP contribution in [0, 0.1) is 0 Å². The van der Waals surface area contributed by atoms with Crippen molar-refractivity contribution in [3.63, 3.8) is 0 Å². The Hall–Kier alpha value is -1.71. The molecule has 0 fully saturated rings. The van der Waals surface area contributed by atoms with Gasteiger partial charge < -0.3 is 9.84 Å². The molecule has 0 saturated carbocycles. The molecule has 2 rings (SSSR count). The molecule has 0 aliphatic carbocycles. The lowest BCUT2D eigenvalue weighted by molar-refractivity contribution is 0.0990. The average molecular weight is 311 g/mol. The zero-order valence-corrected chi connectivity index (χ0v) is 12.2. The molecule has 3 nitrogen and oxygen atoms in total. The van der Waals surface area contributed by atoms with Crippen LogP contribution >= 0.6 is 23.2 Å². The third-order valence-corrected chi connectivity index (χ3v) is 3.46. The first-order valence-corrected chi connectivity index (χ1v) is 6.61. The van der Waals surface area contributed by atoms with E-state index in [0.29, 0.717) is 21.4 Å². The first kappa shape index (κ1) is 14.7. The van der Waals surface area contributed by atoms with E-state index in [9.17, 15) is 9.90 Å². The van der Waals surface area contributed by atoms with E-state index in [1.54, 1.807) is 24.3 Å². The van der Waals surface area contributed by atoms with Crippen LogP contribution in [0.15, 0.2) is 36.4 Å². The second-order valence-electron chi connectivity index (χ2n) is 4.22. The van der Waals surface area contributed by atoms with Gasteiger partial charge in [-0.25, -0.2) is 0 Å². The number of carbonyl (C=O) groups excluding carboxylic acids is 1. The molecule has 0 spiro atoms. The number of ether oxygens (including phenoxy) is 1. The van der Waals surface area contributed by atoms with Crippen LogP contribution in [0.1, 0.15) is 15.9 Å². The molecular weight excluding hydrogens is 299 g/mol. The number of hydrogen-bond acceptors (Lipinski definition) is 3. The Bertz CT molecular complexity index is 654. The Balaban J connectivity index is 2.24. The normalized spacial score (nSPS) is 10.3. The van der Waals surface area contributed by atoms with Crippen molar-refractivity contribution in [1.82, 2.24) is 0 Å². The summed E-state index contributed by atoms with van der Waals surface area (Å²) in [6, 6.07) is 9.50. The van der Waals surface area contributed by atoms with Crippen molar-refractivity contribution in [3.05, 3.63) is 57.6 Å². The van der Waals surface area contributed by atoms with Crippen LogP contribution in [0.5, 0.6) is 11.5 Å². The Kier molecular flexibility index (Phi) is 4.53. The molecule has 2 aromatic rings. The van der Waals surface area contributed by atoms with Crippen molar-refractivity contribution >= 4 is 29.0 Å². The Morgan fingerprint density at radius 2 is 1.95 bits per heavy atom. The van der Waals surface area contributed by atoms with Crippen molar-refractivity contribution < 1.29 is 14.6 Å². The summed E-state index contributed by atoms with van der Waals surface area (Å²) in [6.07, 6.45) is 0.0931. The van der Waals surface area contributed by atoms with Gasteiger partial charge in [0.2, 0.25) is 0 Å². The van der Waals surface area contributed by atoms with Gasteiger partial charge in [-0.05, 0) is 29.8 Å². The van der Waals surface area contributed by atoms with E-state index in [1.807, 2.05) is 0 Å². The predicted octanol–water partition coefficient (Wildman–Crippen LogP) is 4.13. The van der Waals surface area contributed by atoms with Crippen LogP contribution in [0.3, 0.4) is 0 Å². The molecular formula is C15H12Cl2O3. The van der Waals surface area contributed by atoms with Crippen LogP contribution in [-0.2, 0) is 6.42 Å². The first-order valence-electron chi connectivity index (χ1n) is 5.85. The molecule has 0 aliphatic rings. The number of Topliss-reactive ketones (excluding diaryl/α,β-unsaturated/α-hetero) is 1. The number of ketones is 1. The number of methoxy groups -OCH3 is 1. The standard InChI is InChI=1S/C15H12Cl2O3/c1-20-11-4-5-12(15(19)8-11)14(18)6-9-2-3-10(16)7-13(9)17/h2-5,7-8,19H,6H2,1H3. The number of aromatic hydroxyl groups is 1. The summed E-state index contributed by atoms with van der Waals surface area (Å²) >= 11 is 11.8. The van der Waals surface area contributed by atoms with Crippen LogP contribution < -0.4 is 4.74 Å². The number of benzene rings is 2. The maximum atomic E-state index is 12.2. The van der Waals surface area contributed by atoms with Gasteiger partial charge in [-0.1, -0.05) is 29.3 Å². The number of rotatable bonds is 4. The molecule has 20 heavy (non-hydrogen) atoms. The Labute approximate surface area is 126 Å². The van der Waals surface area contributed by atoms with Gasteiger partial charge in [0.1, 0.15) is 11.5 Å². The minimum absolute atomic E-state index is 0.0931. The molecule has 0 amide bonds. The molecule has 0 aliphatic heterocycles. The van der Waals surface area contributed by atoms with E-state index in [-0.39, 0.29) is 23.5 Å². The van der Waals surface area contributed by atoms with Gasteiger partial charge in [0.25, 0.3) is 0 Å². The van der Waals surface area contributed by atoms with Crippen molar-refractivity contribution in [2.75, 3.05) is 7.11 Å². The zero-order chi connectivity index (χ0) is 14.7. The van der Waals surface area contributed by atoms with Crippen molar-refractivity contribution in [3.8, 4) is 11.5 Å². The number of phenolic OH excluding ortho intramolecular Hbond substituents is 1. The van der Waals surface area contributed by atoms with Gasteiger partial charge in [0, 0.05) is 22.5 Å². The van der Waals surface area contributed by atoms with Gasteiger partial charge in [0.15, 0.2) is 5.78 Å². The zero-order valence-electron chi connectivity index (χ0n) is 10.7. The molecule has 0 atom stereocenters. The number of carbonyl (C=O) groups is 1. The number of hydrogen-bond donors (Lipinski definition) is 1. The van der Waals surface area contributed by atoms with E-state index in [1.165, 1.54) is 19.2 Å². The van der Waals surface area contributed by atoms with Gasteiger partial charge in [-0.3, -0.25) is 4.79 Å². The van der Waals surface area contributed by atoms with Crippen LogP contribution in [-0.4, -0.2) is 18.0 Å².